The third kappa shape index (κ3) is 3.06. The van der Waals surface area contributed by atoms with E-state index in [1.165, 1.54) is 25.8 Å². The van der Waals surface area contributed by atoms with E-state index in [1.807, 2.05) is 6.20 Å². The molecule has 4 nitrogen and oxygen atoms in total. The molecule has 1 aromatic rings. The first-order valence-electron chi connectivity index (χ1n) is 6.24. The predicted octanol–water partition coefficient (Wildman–Crippen LogP) is 1.59. The molecule has 3 atom stereocenters. The van der Waals surface area contributed by atoms with Crippen molar-refractivity contribution < 1.29 is 0 Å². The maximum Gasteiger partial charge on any atom is 0.122 e. The largest absolute Gasteiger partial charge is 0.347 e. The van der Waals surface area contributed by atoms with Crippen LogP contribution in [0.15, 0.2) is 12.4 Å². The maximum absolute atomic E-state index is 4.27. The molecule has 4 heteroatoms. The van der Waals surface area contributed by atoms with Crippen molar-refractivity contribution >= 4 is 0 Å². The topological polar surface area (TPSA) is 52.7 Å². The van der Waals surface area contributed by atoms with Crippen LogP contribution in [0.1, 0.15) is 45.0 Å². The minimum atomic E-state index is 0.298. The monoisotopic (exact) mass is 222 g/mol. The van der Waals surface area contributed by atoms with E-state index >= 15 is 0 Å². The van der Waals surface area contributed by atoms with Crippen molar-refractivity contribution in [1.29, 1.82) is 0 Å². The van der Waals surface area contributed by atoms with Gasteiger partial charge in [-0.2, -0.15) is 0 Å². The molecule has 0 amide bonds. The summed E-state index contributed by atoms with van der Waals surface area (Å²) in [5.41, 5.74) is 0. The van der Waals surface area contributed by atoms with E-state index < -0.39 is 0 Å². The average molecular weight is 222 g/mol. The number of hydrogen-bond acceptors (Lipinski definition) is 3. The lowest BCUT2D eigenvalue weighted by atomic mass is 10.1. The molecule has 0 saturated carbocycles. The highest BCUT2D eigenvalue weighted by molar-refractivity contribution is 4.94. The number of aromatic amines is 1. The molecule has 16 heavy (non-hydrogen) atoms. The van der Waals surface area contributed by atoms with E-state index in [0.717, 1.165) is 5.82 Å². The third-order valence-corrected chi connectivity index (χ3v) is 3.26. The number of nitrogens with one attached hydrogen (secondary N) is 3. The number of aromatic nitrogens is 2. The van der Waals surface area contributed by atoms with Crippen LogP contribution in [0.4, 0.5) is 0 Å². The second-order valence-corrected chi connectivity index (χ2v) is 4.79. The summed E-state index contributed by atoms with van der Waals surface area (Å²) in [5, 5.41) is 7.11. The standard InChI is InChI=1S/C12H22N4/c1-9(8-11-4-3-5-13-11)16-10(2)12-14-6-7-15-12/h6-7,9-11,13,16H,3-5,8H2,1-2H3,(H,14,15). The van der Waals surface area contributed by atoms with Gasteiger partial charge in [0.05, 0.1) is 6.04 Å². The van der Waals surface area contributed by atoms with Crippen molar-refractivity contribution in [3.63, 3.8) is 0 Å². The maximum atomic E-state index is 4.27. The van der Waals surface area contributed by atoms with Crippen LogP contribution >= 0.6 is 0 Å². The Labute approximate surface area is 97.2 Å². The first kappa shape index (κ1) is 11.6. The highest BCUT2D eigenvalue weighted by Gasteiger charge is 2.18. The molecule has 2 rings (SSSR count). The normalized spacial score (nSPS) is 24.5. The summed E-state index contributed by atoms with van der Waals surface area (Å²) in [5.74, 6) is 1.02. The quantitative estimate of drug-likeness (QED) is 0.709. The van der Waals surface area contributed by atoms with Gasteiger partial charge in [-0.3, -0.25) is 0 Å². The Hall–Kier alpha value is -0.870. The van der Waals surface area contributed by atoms with Gasteiger partial charge in [0.2, 0.25) is 0 Å². The molecule has 3 unspecified atom stereocenters. The van der Waals surface area contributed by atoms with Crippen LogP contribution in [-0.2, 0) is 0 Å². The molecular formula is C12H22N4. The van der Waals surface area contributed by atoms with E-state index in [9.17, 15) is 0 Å². The molecule has 0 radical (unpaired) electrons. The molecule has 90 valence electrons. The Morgan fingerprint density at radius 1 is 1.56 bits per heavy atom. The second kappa shape index (κ2) is 5.46. The summed E-state index contributed by atoms with van der Waals surface area (Å²) in [6.45, 7) is 5.59. The van der Waals surface area contributed by atoms with Crippen LogP contribution in [0.3, 0.4) is 0 Å². The first-order chi connectivity index (χ1) is 7.75. The Morgan fingerprint density at radius 3 is 3.06 bits per heavy atom. The van der Waals surface area contributed by atoms with Gasteiger partial charge in [0.1, 0.15) is 5.82 Å². The van der Waals surface area contributed by atoms with Gasteiger partial charge in [0.25, 0.3) is 0 Å². The van der Waals surface area contributed by atoms with Crippen molar-refractivity contribution in [2.75, 3.05) is 6.54 Å². The van der Waals surface area contributed by atoms with Gasteiger partial charge in [-0.05, 0) is 39.7 Å². The Bertz CT molecular complexity index is 290. The number of nitrogens with zero attached hydrogens (tertiary/aromatic N) is 1. The van der Waals surface area contributed by atoms with Crippen molar-refractivity contribution in [2.24, 2.45) is 0 Å². The molecule has 1 saturated heterocycles. The minimum Gasteiger partial charge on any atom is -0.347 e. The van der Waals surface area contributed by atoms with E-state index in [2.05, 4.69) is 34.4 Å². The third-order valence-electron chi connectivity index (χ3n) is 3.26. The SMILES string of the molecule is CC(CC1CCCN1)NC(C)c1ncc[nH]1. The molecule has 1 aliphatic heterocycles. The Morgan fingerprint density at radius 2 is 2.44 bits per heavy atom. The summed E-state index contributed by atoms with van der Waals surface area (Å²) < 4.78 is 0. The average Bonchev–Trinajstić information content (AvgIpc) is 2.88. The molecule has 2 heterocycles. The highest BCUT2D eigenvalue weighted by Crippen LogP contribution is 2.13. The molecule has 0 bridgehead atoms. The first-order valence-corrected chi connectivity index (χ1v) is 6.24. The molecule has 0 spiro atoms. The fourth-order valence-electron chi connectivity index (χ4n) is 2.47. The number of hydrogen-bond donors (Lipinski definition) is 3. The number of rotatable bonds is 5. The fraction of sp³-hybridized carbons (Fsp3) is 0.750. The van der Waals surface area contributed by atoms with Crippen LogP contribution in [0.2, 0.25) is 0 Å². The van der Waals surface area contributed by atoms with Crippen LogP contribution in [-0.4, -0.2) is 28.6 Å². The van der Waals surface area contributed by atoms with Gasteiger partial charge in [-0.25, -0.2) is 4.98 Å². The van der Waals surface area contributed by atoms with E-state index in [1.54, 1.807) is 6.20 Å². The van der Waals surface area contributed by atoms with Gasteiger partial charge in [0.15, 0.2) is 0 Å². The lowest BCUT2D eigenvalue weighted by molar-refractivity contribution is 0.401. The molecule has 1 aliphatic rings. The summed E-state index contributed by atoms with van der Waals surface area (Å²) in [7, 11) is 0. The van der Waals surface area contributed by atoms with E-state index in [0.29, 0.717) is 18.1 Å². The minimum absolute atomic E-state index is 0.298. The van der Waals surface area contributed by atoms with Crippen molar-refractivity contribution in [2.45, 2.75) is 51.2 Å². The number of imidazole rings is 1. The molecule has 1 fully saturated rings. The second-order valence-electron chi connectivity index (χ2n) is 4.79. The van der Waals surface area contributed by atoms with Gasteiger partial charge in [-0.1, -0.05) is 0 Å². The Balaban J connectivity index is 1.75. The zero-order valence-corrected chi connectivity index (χ0v) is 10.2. The summed E-state index contributed by atoms with van der Waals surface area (Å²) in [4.78, 5) is 7.41. The molecule has 0 aromatic carbocycles. The fourth-order valence-corrected chi connectivity index (χ4v) is 2.47. The van der Waals surface area contributed by atoms with Gasteiger partial charge in [-0.15, -0.1) is 0 Å². The zero-order chi connectivity index (χ0) is 11.4. The van der Waals surface area contributed by atoms with Gasteiger partial charge >= 0.3 is 0 Å². The zero-order valence-electron chi connectivity index (χ0n) is 10.2. The van der Waals surface area contributed by atoms with E-state index in [-0.39, 0.29) is 0 Å². The summed E-state index contributed by atoms with van der Waals surface area (Å²) >= 11 is 0. The number of H-pyrrole nitrogens is 1. The smallest absolute Gasteiger partial charge is 0.122 e. The van der Waals surface area contributed by atoms with Crippen molar-refractivity contribution in [3.8, 4) is 0 Å². The van der Waals surface area contributed by atoms with Crippen LogP contribution in [0.25, 0.3) is 0 Å². The lowest BCUT2D eigenvalue weighted by Crippen LogP contribution is -2.35. The molecular weight excluding hydrogens is 200 g/mol. The van der Waals surface area contributed by atoms with Crippen molar-refractivity contribution in [3.05, 3.63) is 18.2 Å². The Kier molecular flexibility index (Phi) is 3.96. The predicted molar refractivity (Wildman–Crippen MR) is 65.2 cm³/mol. The van der Waals surface area contributed by atoms with Crippen molar-refractivity contribution in [1.82, 2.24) is 20.6 Å². The van der Waals surface area contributed by atoms with Crippen LogP contribution in [0, 0.1) is 0 Å². The summed E-state index contributed by atoms with van der Waals surface area (Å²) in [6, 6.07) is 1.52. The van der Waals surface area contributed by atoms with E-state index in [4.69, 9.17) is 0 Å². The lowest BCUT2D eigenvalue weighted by Gasteiger charge is -2.21. The van der Waals surface area contributed by atoms with Crippen LogP contribution in [0.5, 0.6) is 0 Å². The molecule has 1 aromatic heterocycles. The van der Waals surface area contributed by atoms with Crippen LogP contribution < -0.4 is 10.6 Å². The van der Waals surface area contributed by atoms with Gasteiger partial charge in [0, 0.05) is 24.5 Å². The van der Waals surface area contributed by atoms with Gasteiger partial charge < -0.3 is 15.6 Å². The molecule has 0 aliphatic carbocycles. The highest BCUT2D eigenvalue weighted by atomic mass is 15.0. The summed E-state index contributed by atoms with van der Waals surface area (Å²) in [6.07, 6.45) is 7.52. The molecule has 3 N–H and O–H groups in total.